The van der Waals surface area contributed by atoms with E-state index in [1.807, 2.05) is 0 Å². The molecular weight excluding hydrogens is 459 g/mol. The van der Waals surface area contributed by atoms with Gasteiger partial charge in [-0.25, -0.2) is 9.37 Å². The van der Waals surface area contributed by atoms with Crippen LogP contribution in [0.15, 0.2) is 30.5 Å². The van der Waals surface area contributed by atoms with Crippen LogP contribution in [0.1, 0.15) is 40.9 Å². The van der Waals surface area contributed by atoms with Crippen LogP contribution >= 0.6 is 12.2 Å². The number of aromatic nitrogens is 1. The zero-order chi connectivity index (χ0) is 24.1. The van der Waals surface area contributed by atoms with Crippen molar-refractivity contribution in [3.63, 3.8) is 0 Å². The second-order valence-corrected chi connectivity index (χ2v) is 8.15. The Kier molecular flexibility index (Phi) is 5.48. The number of hydrogen-bond donors (Lipinski definition) is 0. The lowest BCUT2D eigenvalue weighted by atomic mass is 9.73. The molecule has 0 radical (unpaired) electrons. The molecule has 0 unspecified atom stereocenters. The number of halogens is 4. The number of amides is 1. The van der Waals surface area contributed by atoms with Gasteiger partial charge in [0.2, 0.25) is 7.28 Å². The third-order valence-electron chi connectivity index (χ3n) is 5.97. The topological polar surface area (TPSA) is 77.3 Å². The highest BCUT2D eigenvalue weighted by molar-refractivity contribution is 7.81. The predicted molar refractivity (Wildman–Crippen MR) is 117 cm³/mol. The molecule has 6 nitrogen and oxygen atoms in total. The molecule has 1 aromatic heterocycles. The maximum absolute atomic E-state index is 14.7. The Labute approximate surface area is 192 Å². The number of nitrogens with zero attached hydrogens (tertiary/aromatic N) is 4. The van der Waals surface area contributed by atoms with Crippen LogP contribution < -0.4 is 9.80 Å². The fourth-order valence-electron chi connectivity index (χ4n) is 4.15. The van der Waals surface area contributed by atoms with E-state index in [0.717, 1.165) is 17.2 Å². The summed E-state index contributed by atoms with van der Waals surface area (Å²) >= 11 is 5.47. The van der Waals surface area contributed by atoms with E-state index in [9.17, 15) is 27.2 Å². The van der Waals surface area contributed by atoms with Gasteiger partial charge in [0.25, 0.3) is 5.91 Å². The van der Waals surface area contributed by atoms with Gasteiger partial charge in [-0.05, 0) is 55.7 Å². The molecule has 2 fully saturated rings. The van der Waals surface area contributed by atoms with Crippen molar-refractivity contribution in [3.8, 4) is 6.07 Å². The SMILES string of the molecule is CBC(=O)c1ccc(N2C(=S)N(c3cnc(C#N)c(C(F)(F)F)c3)C(=O)C23CCC3)cc1F. The van der Waals surface area contributed by atoms with Crippen LogP contribution in [0.25, 0.3) is 0 Å². The van der Waals surface area contributed by atoms with Crippen LogP contribution in [-0.4, -0.2) is 34.5 Å². The molecule has 12 heteroatoms. The summed E-state index contributed by atoms with van der Waals surface area (Å²) in [6, 6.07) is 5.93. The third-order valence-corrected chi connectivity index (χ3v) is 6.33. The van der Waals surface area contributed by atoms with Gasteiger partial charge < -0.3 is 9.69 Å². The van der Waals surface area contributed by atoms with Crippen molar-refractivity contribution in [2.75, 3.05) is 9.80 Å². The first-order valence-corrected chi connectivity index (χ1v) is 10.4. The molecule has 2 aliphatic rings. The number of alkyl halides is 3. The minimum Gasteiger partial charge on any atom is -0.306 e. The van der Waals surface area contributed by atoms with Crippen LogP contribution in [0.3, 0.4) is 0 Å². The summed E-state index contributed by atoms with van der Waals surface area (Å²) in [5, 5.41) is 8.85. The van der Waals surface area contributed by atoms with E-state index >= 15 is 0 Å². The monoisotopic (exact) mass is 474 g/mol. The summed E-state index contributed by atoms with van der Waals surface area (Å²) in [6.07, 6.45) is -2.47. The molecule has 1 aliphatic carbocycles. The zero-order valence-corrected chi connectivity index (χ0v) is 18.1. The number of carbonyl (C=O) groups excluding carboxylic acids is 2. The Hall–Kier alpha value is -3.33. The lowest BCUT2D eigenvalue weighted by molar-refractivity contribution is -0.138. The Morgan fingerprint density at radius 1 is 1.27 bits per heavy atom. The van der Waals surface area contributed by atoms with Gasteiger partial charge in [0, 0.05) is 11.3 Å². The van der Waals surface area contributed by atoms with Crippen LogP contribution in [-0.2, 0) is 11.0 Å². The fourth-order valence-corrected chi connectivity index (χ4v) is 4.62. The maximum Gasteiger partial charge on any atom is 0.419 e. The van der Waals surface area contributed by atoms with E-state index < -0.39 is 34.7 Å². The van der Waals surface area contributed by atoms with Gasteiger partial charge in [-0.15, -0.1) is 0 Å². The molecule has 33 heavy (non-hydrogen) atoms. The van der Waals surface area contributed by atoms with Crippen molar-refractivity contribution in [1.29, 1.82) is 5.26 Å². The normalized spacial score (nSPS) is 17.2. The van der Waals surface area contributed by atoms with E-state index in [4.69, 9.17) is 17.5 Å². The molecule has 2 heterocycles. The summed E-state index contributed by atoms with van der Waals surface area (Å²) in [5.41, 5.74) is -3.76. The lowest BCUT2D eigenvalue weighted by Crippen LogP contribution is -2.55. The summed E-state index contributed by atoms with van der Waals surface area (Å²) in [7, 11) is 0.113. The first-order chi connectivity index (χ1) is 15.5. The number of carbonyl (C=O) groups is 2. The van der Waals surface area contributed by atoms with Crippen LogP contribution in [0, 0.1) is 17.1 Å². The van der Waals surface area contributed by atoms with Gasteiger partial charge in [-0.1, -0.05) is 6.82 Å². The minimum absolute atomic E-state index is 0.0941. The standard InChI is InChI=1S/C21H15BF4N4O2S/c1-22-17(31)13-4-3-11(8-15(13)23)30-19(33)29(18(32)20(30)5-2-6-20)12-7-14(21(24,25)26)16(9-27)28-10-12/h3-4,7-8,10,22H,2,5-6H2,1H3. The lowest BCUT2D eigenvalue weighted by Gasteiger charge is -2.43. The molecule has 0 bridgehead atoms. The Morgan fingerprint density at radius 2 is 1.97 bits per heavy atom. The van der Waals surface area contributed by atoms with Crippen LogP contribution in [0.2, 0.25) is 6.82 Å². The van der Waals surface area contributed by atoms with Crippen LogP contribution in [0.5, 0.6) is 0 Å². The van der Waals surface area contributed by atoms with Gasteiger partial charge >= 0.3 is 6.18 Å². The third kappa shape index (κ3) is 3.47. The smallest absolute Gasteiger partial charge is 0.306 e. The highest BCUT2D eigenvalue weighted by Gasteiger charge is 2.59. The molecule has 1 amide bonds. The van der Waals surface area contributed by atoms with Gasteiger partial charge in [0.15, 0.2) is 10.8 Å². The molecule has 0 N–H and O–H groups in total. The number of pyridine rings is 1. The summed E-state index contributed by atoms with van der Waals surface area (Å²) < 4.78 is 55.0. The predicted octanol–water partition coefficient (Wildman–Crippen LogP) is 3.80. The average Bonchev–Trinajstić information content (AvgIpc) is 2.98. The quantitative estimate of drug-likeness (QED) is 0.381. The molecule has 168 valence electrons. The molecule has 1 aromatic carbocycles. The first-order valence-electron chi connectivity index (χ1n) is 10.0. The average molecular weight is 474 g/mol. The maximum atomic E-state index is 14.7. The van der Waals surface area contributed by atoms with Crippen molar-refractivity contribution >= 4 is 47.6 Å². The number of thiocarbonyl (C=S) groups is 1. The number of benzene rings is 1. The Balaban J connectivity index is 1.80. The molecule has 1 aliphatic heterocycles. The van der Waals surface area contributed by atoms with Gasteiger partial charge in [0.05, 0.1) is 17.4 Å². The molecule has 1 saturated heterocycles. The van der Waals surface area contributed by atoms with Crippen molar-refractivity contribution in [2.45, 2.75) is 37.8 Å². The highest BCUT2D eigenvalue weighted by Crippen LogP contribution is 2.48. The van der Waals surface area contributed by atoms with Gasteiger partial charge in [0.1, 0.15) is 23.1 Å². The number of anilines is 2. The number of nitriles is 1. The van der Waals surface area contributed by atoms with E-state index in [-0.39, 0.29) is 35.0 Å². The van der Waals surface area contributed by atoms with E-state index in [1.165, 1.54) is 23.1 Å². The first kappa shape index (κ1) is 22.9. The van der Waals surface area contributed by atoms with Crippen molar-refractivity contribution in [2.24, 2.45) is 0 Å². The van der Waals surface area contributed by atoms with Crippen LogP contribution in [0.4, 0.5) is 28.9 Å². The summed E-state index contributed by atoms with van der Waals surface area (Å²) in [6.45, 7) is 1.60. The molecule has 1 saturated carbocycles. The second-order valence-electron chi connectivity index (χ2n) is 7.78. The van der Waals surface area contributed by atoms with Crippen molar-refractivity contribution in [1.82, 2.24) is 4.98 Å². The Bertz CT molecular complexity index is 1240. The molecule has 4 rings (SSSR count). The second kappa shape index (κ2) is 7.92. The highest BCUT2D eigenvalue weighted by atomic mass is 32.1. The van der Waals surface area contributed by atoms with Gasteiger partial charge in [-0.3, -0.25) is 9.69 Å². The number of rotatable bonds is 4. The molecule has 0 atom stereocenters. The van der Waals surface area contributed by atoms with E-state index in [0.29, 0.717) is 25.3 Å². The van der Waals surface area contributed by atoms with E-state index in [2.05, 4.69) is 4.98 Å². The summed E-state index contributed by atoms with van der Waals surface area (Å²) in [5.74, 6) is -1.32. The summed E-state index contributed by atoms with van der Waals surface area (Å²) in [4.78, 5) is 31.3. The van der Waals surface area contributed by atoms with Crippen molar-refractivity contribution in [3.05, 3.63) is 53.1 Å². The van der Waals surface area contributed by atoms with E-state index in [1.54, 1.807) is 6.82 Å². The zero-order valence-electron chi connectivity index (χ0n) is 17.2. The minimum atomic E-state index is -4.86. The molecule has 2 aromatic rings. The molecule has 1 spiro atoms. The number of hydrogen-bond acceptors (Lipinski definition) is 5. The van der Waals surface area contributed by atoms with Crippen molar-refractivity contribution < 1.29 is 27.2 Å². The molecular formula is C21H15BF4N4O2S. The largest absolute Gasteiger partial charge is 0.419 e. The Morgan fingerprint density at radius 3 is 2.48 bits per heavy atom. The van der Waals surface area contributed by atoms with Gasteiger partial charge in [-0.2, -0.15) is 18.4 Å². The fraction of sp³-hybridized carbons (Fsp3) is 0.286.